The molecule has 1 aliphatic heterocycles. The zero-order chi connectivity index (χ0) is 20.4. The minimum atomic E-state index is -0.619. The molecule has 0 spiro atoms. The van der Waals surface area contributed by atoms with E-state index in [1.165, 1.54) is 18.5 Å². The van der Waals surface area contributed by atoms with Gasteiger partial charge >= 0.3 is 5.97 Å². The lowest BCUT2D eigenvalue weighted by Gasteiger charge is -2.33. The van der Waals surface area contributed by atoms with Crippen molar-refractivity contribution in [3.8, 4) is 11.3 Å². The SMILES string of the molecule is CCOC(=O)CC1CCN(c2c(F)cc(-c3ncnc4[nH]ccc34)cc2F)CC1. The zero-order valence-electron chi connectivity index (χ0n) is 16.1. The van der Waals surface area contributed by atoms with Crippen molar-refractivity contribution in [2.24, 2.45) is 5.92 Å². The molecule has 0 radical (unpaired) electrons. The number of halogens is 2. The summed E-state index contributed by atoms with van der Waals surface area (Å²) >= 11 is 0. The summed E-state index contributed by atoms with van der Waals surface area (Å²) in [4.78, 5) is 24.6. The fourth-order valence-corrected chi connectivity index (χ4v) is 3.92. The molecular weight excluding hydrogens is 378 g/mol. The van der Waals surface area contributed by atoms with Crippen molar-refractivity contribution in [1.82, 2.24) is 15.0 Å². The van der Waals surface area contributed by atoms with Gasteiger partial charge in [0.1, 0.15) is 29.3 Å². The predicted molar refractivity (Wildman–Crippen MR) is 105 cm³/mol. The van der Waals surface area contributed by atoms with Gasteiger partial charge in [-0.05, 0) is 43.9 Å². The predicted octanol–water partition coefficient (Wildman–Crippen LogP) is 4.07. The van der Waals surface area contributed by atoms with Gasteiger partial charge in [-0.2, -0.15) is 0 Å². The van der Waals surface area contributed by atoms with E-state index >= 15 is 0 Å². The molecule has 8 heteroatoms. The van der Waals surface area contributed by atoms with Crippen LogP contribution in [0.15, 0.2) is 30.7 Å². The van der Waals surface area contributed by atoms with Crippen LogP contribution in [0.5, 0.6) is 0 Å². The number of hydrogen-bond donors (Lipinski definition) is 1. The summed E-state index contributed by atoms with van der Waals surface area (Å²) < 4.78 is 34.8. The Bertz CT molecular complexity index is 1010. The molecule has 0 unspecified atom stereocenters. The molecule has 1 aromatic carbocycles. The normalized spacial score (nSPS) is 15.1. The van der Waals surface area contributed by atoms with Crippen LogP contribution < -0.4 is 4.90 Å². The van der Waals surface area contributed by atoms with Gasteiger partial charge in [0.25, 0.3) is 0 Å². The second-order valence-corrected chi connectivity index (χ2v) is 7.19. The zero-order valence-corrected chi connectivity index (χ0v) is 16.1. The van der Waals surface area contributed by atoms with Crippen LogP contribution in [0.3, 0.4) is 0 Å². The number of anilines is 1. The molecule has 4 rings (SSSR count). The fraction of sp³-hybridized carbons (Fsp3) is 0.381. The number of ether oxygens (including phenoxy) is 1. The number of aromatic nitrogens is 3. The second-order valence-electron chi connectivity index (χ2n) is 7.19. The third kappa shape index (κ3) is 3.92. The van der Waals surface area contributed by atoms with Crippen molar-refractivity contribution in [3.63, 3.8) is 0 Å². The first-order valence-corrected chi connectivity index (χ1v) is 9.75. The first kappa shape index (κ1) is 19.3. The summed E-state index contributed by atoms with van der Waals surface area (Å²) in [5.41, 5.74) is 1.44. The Morgan fingerprint density at radius 2 is 1.97 bits per heavy atom. The molecule has 2 aromatic heterocycles. The van der Waals surface area contributed by atoms with Crippen LogP contribution in [0.4, 0.5) is 14.5 Å². The van der Waals surface area contributed by atoms with Gasteiger partial charge in [-0.1, -0.05) is 0 Å². The molecule has 0 saturated carbocycles. The topological polar surface area (TPSA) is 71.1 Å². The van der Waals surface area contributed by atoms with Crippen molar-refractivity contribution >= 4 is 22.7 Å². The number of carbonyl (C=O) groups is 1. The maximum Gasteiger partial charge on any atom is 0.306 e. The van der Waals surface area contributed by atoms with Gasteiger partial charge in [0.2, 0.25) is 0 Å². The quantitative estimate of drug-likeness (QED) is 0.654. The Morgan fingerprint density at radius 1 is 1.24 bits per heavy atom. The Balaban J connectivity index is 1.53. The van der Waals surface area contributed by atoms with Crippen molar-refractivity contribution < 1.29 is 18.3 Å². The van der Waals surface area contributed by atoms with Crippen LogP contribution >= 0.6 is 0 Å². The Labute approximate surface area is 166 Å². The molecule has 0 amide bonds. The van der Waals surface area contributed by atoms with Crippen LogP contribution in [-0.4, -0.2) is 40.6 Å². The summed E-state index contributed by atoms with van der Waals surface area (Å²) in [5.74, 6) is -1.27. The molecule has 3 aromatic rings. The van der Waals surface area contributed by atoms with Gasteiger partial charge in [-0.15, -0.1) is 0 Å². The molecule has 1 fully saturated rings. The molecule has 1 N–H and O–H groups in total. The summed E-state index contributed by atoms with van der Waals surface area (Å²) in [6, 6.07) is 4.42. The van der Waals surface area contributed by atoms with E-state index in [-0.39, 0.29) is 17.6 Å². The molecule has 29 heavy (non-hydrogen) atoms. The number of fused-ring (bicyclic) bond motifs is 1. The minimum Gasteiger partial charge on any atom is -0.466 e. The molecule has 152 valence electrons. The Hall–Kier alpha value is -3.03. The average molecular weight is 400 g/mol. The van der Waals surface area contributed by atoms with E-state index in [9.17, 15) is 13.6 Å². The van der Waals surface area contributed by atoms with Crippen LogP contribution in [0.2, 0.25) is 0 Å². The number of carbonyl (C=O) groups excluding carboxylic acids is 1. The molecular formula is C21H22F2N4O2. The highest BCUT2D eigenvalue weighted by atomic mass is 19.1. The van der Waals surface area contributed by atoms with E-state index in [1.54, 1.807) is 24.1 Å². The smallest absolute Gasteiger partial charge is 0.306 e. The number of nitrogens with zero attached hydrogens (tertiary/aromatic N) is 3. The first-order chi connectivity index (χ1) is 14.1. The third-order valence-electron chi connectivity index (χ3n) is 5.34. The molecule has 0 bridgehead atoms. The number of hydrogen-bond acceptors (Lipinski definition) is 5. The second kappa shape index (κ2) is 8.14. The van der Waals surface area contributed by atoms with Gasteiger partial charge < -0.3 is 14.6 Å². The largest absolute Gasteiger partial charge is 0.466 e. The molecule has 3 heterocycles. The van der Waals surface area contributed by atoms with E-state index < -0.39 is 11.6 Å². The molecule has 0 atom stereocenters. The van der Waals surface area contributed by atoms with Crippen molar-refractivity contribution in [3.05, 3.63) is 42.4 Å². The van der Waals surface area contributed by atoms with E-state index in [0.717, 1.165) is 0 Å². The highest BCUT2D eigenvalue weighted by Crippen LogP contribution is 2.34. The summed E-state index contributed by atoms with van der Waals surface area (Å²) in [7, 11) is 0. The number of H-pyrrole nitrogens is 1. The molecule has 1 aliphatic rings. The van der Waals surface area contributed by atoms with Gasteiger partial charge in [0.05, 0.1) is 12.3 Å². The van der Waals surface area contributed by atoms with Crippen molar-refractivity contribution in [2.75, 3.05) is 24.6 Å². The number of rotatable bonds is 5. The van der Waals surface area contributed by atoms with Gasteiger partial charge in [0, 0.05) is 36.7 Å². The number of esters is 1. The molecule has 0 aliphatic carbocycles. The maximum atomic E-state index is 14.9. The summed E-state index contributed by atoms with van der Waals surface area (Å²) in [5, 5.41) is 0.707. The third-order valence-corrected chi connectivity index (χ3v) is 5.34. The fourth-order valence-electron chi connectivity index (χ4n) is 3.92. The van der Waals surface area contributed by atoms with Crippen LogP contribution in [-0.2, 0) is 9.53 Å². The van der Waals surface area contributed by atoms with E-state index in [4.69, 9.17) is 4.74 Å². The summed E-state index contributed by atoms with van der Waals surface area (Å²) in [6.07, 6.45) is 4.81. The van der Waals surface area contributed by atoms with Gasteiger partial charge in [-0.3, -0.25) is 4.79 Å². The number of benzene rings is 1. The van der Waals surface area contributed by atoms with Gasteiger partial charge in [-0.25, -0.2) is 18.7 Å². The highest BCUT2D eigenvalue weighted by molar-refractivity contribution is 5.90. The maximum absolute atomic E-state index is 14.9. The molecule has 6 nitrogen and oxygen atoms in total. The van der Waals surface area contributed by atoms with Crippen LogP contribution in [0.1, 0.15) is 26.2 Å². The lowest BCUT2D eigenvalue weighted by atomic mass is 9.93. The number of nitrogens with one attached hydrogen (secondary N) is 1. The minimum absolute atomic E-state index is 0.0253. The lowest BCUT2D eigenvalue weighted by molar-refractivity contribution is -0.144. The molecule has 1 saturated heterocycles. The number of aromatic amines is 1. The van der Waals surface area contributed by atoms with E-state index in [0.29, 0.717) is 61.2 Å². The lowest BCUT2D eigenvalue weighted by Crippen LogP contribution is -2.35. The standard InChI is InChI=1S/C21H22F2N4O2/c1-2-29-18(28)9-13-4-7-27(8-5-13)20-16(22)10-14(11-17(20)23)19-15-3-6-24-21(15)26-12-25-19/h3,6,10-13H,2,4-5,7-9H2,1H3,(H,24,25,26). The number of piperidine rings is 1. The van der Waals surface area contributed by atoms with Crippen LogP contribution in [0.25, 0.3) is 22.3 Å². The van der Waals surface area contributed by atoms with E-state index in [1.807, 2.05) is 0 Å². The van der Waals surface area contributed by atoms with Crippen molar-refractivity contribution in [2.45, 2.75) is 26.2 Å². The Kier molecular flexibility index (Phi) is 5.42. The first-order valence-electron chi connectivity index (χ1n) is 9.75. The summed E-state index contributed by atoms with van der Waals surface area (Å²) in [6.45, 7) is 3.12. The average Bonchev–Trinajstić information content (AvgIpc) is 3.18. The van der Waals surface area contributed by atoms with Gasteiger partial charge in [0.15, 0.2) is 0 Å². The van der Waals surface area contributed by atoms with E-state index in [2.05, 4.69) is 15.0 Å². The Morgan fingerprint density at radius 3 is 2.66 bits per heavy atom. The van der Waals surface area contributed by atoms with Crippen LogP contribution in [0, 0.1) is 17.6 Å². The monoisotopic (exact) mass is 400 g/mol. The highest BCUT2D eigenvalue weighted by Gasteiger charge is 2.26. The van der Waals surface area contributed by atoms with Crippen molar-refractivity contribution in [1.29, 1.82) is 0 Å².